The molecule has 0 saturated carbocycles. The highest BCUT2D eigenvalue weighted by Gasteiger charge is 2.36. The summed E-state index contributed by atoms with van der Waals surface area (Å²) in [7, 11) is 0. The van der Waals surface area contributed by atoms with Crippen LogP contribution in [0.4, 0.5) is 17.1 Å². The van der Waals surface area contributed by atoms with E-state index in [4.69, 9.17) is 0 Å². The molecule has 12 rings (SSSR count). The molecule has 0 atom stereocenters. The van der Waals surface area contributed by atoms with Crippen LogP contribution in [0.15, 0.2) is 200 Å². The van der Waals surface area contributed by atoms with Crippen LogP contribution in [0.5, 0.6) is 0 Å². The van der Waals surface area contributed by atoms with Crippen LogP contribution in [0.3, 0.4) is 0 Å². The van der Waals surface area contributed by atoms with E-state index in [2.05, 4.69) is 219 Å². The molecule has 0 spiro atoms. The summed E-state index contributed by atoms with van der Waals surface area (Å²) in [5, 5.41) is 5.20. The lowest BCUT2D eigenvalue weighted by Crippen LogP contribution is -2.16. The second kappa shape index (κ2) is 13.6. The highest BCUT2D eigenvalue weighted by atomic mass is 32.1. The van der Waals surface area contributed by atoms with Gasteiger partial charge in [-0.1, -0.05) is 147 Å². The van der Waals surface area contributed by atoms with Gasteiger partial charge in [-0.2, -0.15) is 0 Å². The molecular formula is C57H39NS2. The van der Waals surface area contributed by atoms with Crippen molar-refractivity contribution in [2.75, 3.05) is 4.90 Å². The third kappa shape index (κ3) is 5.58. The first-order chi connectivity index (χ1) is 29.5. The minimum absolute atomic E-state index is 0.170. The number of thiophene rings is 2. The van der Waals surface area contributed by atoms with E-state index in [1.807, 2.05) is 22.7 Å². The molecule has 0 radical (unpaired) electrons. The number of rotatable bonds is 6. The Hall–Kier alpha value is -6.78. The first-order valence-electron chi connectivity index (χ1n) is 20.7. The predicted molar refractivity (Wildman–Crippen MR) is 261 cm³/mol. The Bertz CT molecular complexity index is 3460. The maximum atomic E-state index is 2.51. The average Bonchev–Trinajstić information content (AvgIpc) is 3.94. The highest BCUT2D eigenvalue weighted by molar-refractivity contribution is 7.26. The van der Waals surface area contributed by atoms with Crippen LogP contribution in [0.1, 0.15) is 25.0 Å². The largest absolute Gasteiger partial charge is 0.310 e. The summed E-state index contributed by atoms with van der Waals surface area (Å²) in [6.07, 6.45) is 0. The fourth-order valence-electron chi connectivity index (χ4n) is 9.65. The Kier molecular flexibility index (Phi) is 8.00. The third-order valence-corrected chi connectivity index (χ3v) is 14.9. The SMILES string of the molecule is CC1(C)c2ccc(-c3ccccc3)cc2-c2ccc(N(c3cccc(-c4ccc5sc6ccccc6c5c4)c3)c3cccc4sc5cc(-c6ccccc6)ccc5c34)cc21. The van der Waals surface area contributed by atoms with E-state index in [1.165, 1.54) is 102 Å². The Labute approximate surface area is 358 Å². The van der Waals surface area contributed by atoms with Gasteiger partial charge >= 0.3 is 0 Å². The lowest BCUT2D eigenvalue weighted by Gasteiger charge is -2.29. The molecule has 1 aliphatic rings. The monoisotopic (exact) mass is 801 g/mol. The fourth-order valence-corrected chi connectivity index (χ4v) is 11.9. The summed E-state index contributed by atoms with van der Waals surface area (Å²) in [5.74, 6) is 0. The molecule has 0 unspecified atom stereocenters. The lowest BCUT2D eigenvalue weighted by molar-refractivity contribution is 0.660. The van der Waals surface area contributed by atoms with Gasteiger partial charge in [-0.25, -0.2) is 0 Å². The molecule has 2 aromatic heterocycles. The van der Waals surface area contributed by atoms with Gasteiger partial charge in [-0.3, -0.25) is 0 Å². The van der Waals surface area contributed by atoms with Gasteiger partial charge in [0.25, 0.3) is 0 Å². The Morgan fingerprint density at radius 1 is 0.350 bits per heavy atom. The number of hydrogen-bond acceptors (Lipinski definition) is 3. The zero-order valence-electron chi connectivity index (χ0n) is 33.3. The van der Waals surface area contributed by atoms with E-state index >= 15 is 0 Å². The molecule has 0 fully saturated rings. The summed E-state index contributed by atoms with van der Waals surface area (Å²) in [6, 6.07) is 74.4. The molecular weight excluding hydrogens is 763 g/mol. The van der Waals surface area contributed by atoms with Crippen molar-refractivity contribution in [1.29, 1.82) is 0 Å². The second-order valence-electron chi connectivity index (χ2n) is 16.5. The first-order valence-corrected chi connectivity index (χ1v) is 22.3. The van der Waals surface area contributed by atoms with Crippen molar-refractivity contribution >= 4 is 80.1 Å². The van der Waals surface area contributed by atoms with Gasteiger partial charge in [0.15, 0.2) is 0 Å². The molecule has 2 heterocycles. The molecule has 1 aliphatic carbocycles. The van der Waals surface area contributed by atoms with E-state index in [-0.39, 0.29) is 5.41 Å². The minimum Gasteiger partial charge on any atom is -0.310 e. The van der Waals surface area contributed by atoms with E-state index in [0.29, 0.717) is 0 Å². The molecule has 1 nitrogen and oxygen atoms in total. The van der Waals surface area contributed by atoms with Crippen LogP contribution in [-0.4, -0.2) is 0 Å². The Balaban J connectivity index is 1.05. The number of benzene rings is 9. The van der Waals surface area contributed by atoms with Gasteiger partial charge < -0.3 is 4.90 Å². The number of hydrogen-bond donors (Lipinski definition) is 0. The maximum absolute atomic E-state index is 2.51. The predicted octanol–water partition coefficient (Wildman–Crippen LogP) is 17.2. The summed E-state index contributed by atoms with van der Waals surface area (Å²) >= 11 is 3.75. The summed E-state index contributed by atoms with van der Waals surface area (Å²) < 4.78 is 5.23. The highest BCUT2D eigenvalue weighted by Crippen LogP contribution is 2.53. The molecule has 3 heteroatoms. The Morgan fingerprint density at radius 3 is 1.80 bits per heavy atom. The molecule has 0 N–H and O–H groups in total. The smallest absolute Gasteiger partial charge is 0.0554 e. The van der Waals surface area contributed by atoms with Crippen molar-refractivity contribution in [1.82, 2.24) is 0 Å². The van der Waals surface area contributed by atoms with Crippen LogP contribution >= 0.6 is 22.7 Å². The third-order valence-electron chi connectivity index (χ3n) is 12.7. The minimum atomic E-state index is -0.170. The zero-order valence-corrected chi connectivity index (χ0v) is 34.9. The molecule has 0 amide bonds. The van der Waals surface area contributed by atoms with E-state index in [1.54, 1.807) is 0 Å². The van der Waals surface area contributed by atoms with Crippen LogP contribution in [-0.2, 0) is 5.41 Å². The molecule has 0 saturated heterocycles. The first kappa shape index (κ1) is 35.2. The average molecular weight is 802 g/mol. The lowest BCUT2D eigenvalue weighted by atomic mass is 9.82. The van der Waals surface area contributed by atoms with Crippen molar-refractivity contribution in [3.8, 4) is 44.5 Å². The molecule has 0 aliphatic heterocycles. The quantitative estimate of drug-likeness (QED) is 0.162. The molecule has 284 valence electrons. The van der Waals surface area contributed by atoms with Gasteiger partial charge in [0, 0.05) is 57.1 Å². The summed E-state index contributed by atoms with van der Waals surface area (Å²) in [4.78, 5) is 2.51. The van der Waals surface area contributed by atoms with Gasteiger partial charge in [0.2, 0.25) is 0 Å². The number of nitrogens with zero attached hydrogens (tertiary/aromatic N) is 1. The van der Waals surface area contributed by atoms with Crippen molar-refractivity contribution < 1.29 is 0 Å². The van der Waals surface area contributed by atoms with Crippen LogP contribution in [0, 0.1) is 0 Å². The molecule has 60 heavy (non-hydrogen) atoms. The van der Waals surface area contributed by atoms with Crippen molar-refractivity contribution in [2.45, 2.75) is 19.3 Å². The zero-order chi connectivity index (χ0) is 40.0. The van der Waals surface area contributed by atoms with Crippen molar-refractivity contribution in [2.24, 2.45) is 0 Å². The van der Waals surface area contributed by atoms with Gasteiger partial charge in [0.05, 0.1) is 5.69 Å². The normalized spacial score (nSPS) is 13.0. The molecule has 0 bridgehead atoms. The van der Waals surface area contributed by atoms with E-state index in [9.17, 15) is 0 Å². The molecule has 11 aromatic rings. The number of fused-ring (bicyclic) bond motifs is 9. The summed E-state index contributed by atoms with van der Waals surface area (Å²) in [5.41, 5.74) is 16.1. The fraction of sp³-hybridized carbons (Fsp3) is 0.0526. The summed E-state index contributed by atoms with van der Waals surface area (Å²) in [6.45, 7) is 4.77. The van der Waals surface area contributed by atoms with Crippen LogP contribution < -0.4 is 4.90 Å². The molecule has 9 aromatic carbocycles. The van der Waals surface area contributed by atoms with Crippen molar-refractivity contribution in [3.63, 3.8) is 0 Å². The van der Waals surface area contributed by atoms with Gasteiger partial charge in [-0.15, -0.1) is 22.7 Å². The van der Waals surface area contributed by atoms with Crippen LogP contribution in [0.25, 0.3) is 84.9 Å². The standard InChI is InChI=1S/C57H39NS2/c1-57(2)49-29-24-39(36-13-5-3-6-14-36)32-47(49)44-28-26-43(35-50(44)57)58(42-18-11-17-38(31-42)40-25-30-53-48(33-40)45-19-9-10-21-52(45)59-53)51-20-12-22-54-56(51)46-27-23-41(34-55(46)60-54)37-15-7-4-8-16-37/h3-35H,1-2H3. The van der Waals surface area contributed by atoms with E-state index in [0.717, 1.165) is 11.4 Å². The topological polar surface area (TPSA) is 3.24 Å². The van der Waals surface area contributed by atoms with Gasteiger partial charge in [-0.05, 0) is 122 Å². The maximum Gasteiger partial charge on any atom is 0.0554 e. The Morgan fingerprint density at radius 2 is 0.967 bits per heavy atom. The van der Waals surface area contributed by atoms with E-state index < -0.39 is 0 Å². The van der Waals surface area contributed by atoms with Crippen molar-refractivity contribution in [3.05, 3.63) is 211 Å². The van der Waals surface area contributed by atoms with Crippen LogP contribution in [0.2, 0.25) is 0 Å². The van der Waals surface area contributed by atoms with Gasteiger partial charge in [0.1, 0.15) is 0 Å². The second-order valence-corrected chi connectivity index (χ2v) is 18.7. The number of anilines is 3.